The van der Waals surface area contributed by atoms with Gasteiger partial charge in [0.25, 0.3) is 0 Å². The minimum absolute atomic E-state index is 0.00712. The summed E-state index contributed by atoms with van der Waals surface area (Å²) in [6.45, 7) is 5.71. The van der Waals surface area contributed by atoms with E-state index in [1.54, 1.807) is 0 Å². The zero-order chi connectivity index (χ0) is 12.7. The van der Waals surface area contributed by atoms with Crippen LogP contribution in [0, 0.1) is 0 Å². The Labute approximate surface area is 105 Å². The van der Waals surface area contributed by atoms with E-state index in [0.717, 1.165) is 26.2 Å². The van der Waals surface area contributed by atoms with Crippen molar-refractivity contribution in [1.29, 1.82) is 0 Å². The van der Waals surface area contributed by atoms with E-state index in [0.29, 0.717) is 6.42 Å². The molecule has 0 aromatic rings. The summed E-state index contributed by atoms with van der Waals surface area (Å²) >= 11 is 0. The lowest BCUT2D eigenvalue weighted by molar-refractivity contribution is 0.312. The molecule has 0 aromatic carbocycles. The Morgan fingerprint density at radius 1 is 1.29 bits per heavy atom. The predicted molar refractivity (Wildman–Crippen MR) is 70.6 cm³/mol. The van der Waals surface area contributed by atoms with Gasteiger partial charge in [-0.2, -0.15) is 0 Å². The lowest BCUT2D eigenvalue weighted by Crippen LogP contribution is -2.42. The van der Waals surface area contributed by atoms with Crippen LogP contribution in [-0.2, 0) is 10.0 Å². The van der Waals surface area contributed by atoms with Crippen LogP contribution >= 0.6 is 0 Å². The Kier molecular flexibility index (Phi) is 6.40. The van der Waals surface area contributed by atoms with Gasteiger partial charge in [0.15, 0.2) is 0 Å². The summed E-state index contributed by atoms with van der Waals surface area (Å²) in [6, 6.07) is 0.00712. The molecule has 102 valence electrons. The van der Waals surface area contributed by atoms with Crippen LogP contribution in [0.5, 0.6) is 0 Å². The topological polar surface area (TPSA) is 61.4 Å². The van der Waals surface area contributed by atoms with Gasteiger partial charge in [0.2, 0.25) is 10.0 Å². The van der Waals surface area contributed by atoms with Crippen molar-refractivity contribution in [1.82, 2.24) is 14.9 Å². The molecule has 0 spiro atoms. The number of rotatable bonds is 8. The van der Waals surface area contributed by atoms with E-state index in [9.17, 15) is 8.42 Å². The molecule has 1 unspecified atom stereocenters. The maximum absolute atomic E-state index is 11.7. The minimum Gasteiger partial charge on any atom is -0.320 e. The summed E-state index contributed by atoms with van der Waals surface area (Å²) in [5, 5.41) is 2.95. The Bertz CT molecular complexity index is 300. The van der Waals surface area contributed by atoms with Gasteiger partial charge in [-0.1, -0.05) is 0 Å². The van der Waals surface area contributed by atoms with Gasteiger partial charge in [0.05, 0.1) is 5.75 Å². The van der Waals surface area contributed by atoms with E-state index in [1.165, 1.54) is 12.8 Å². The first-order valence-corrected chi connectivity index (χ1v) is 8.05. The van der Waals surface area contributed by atoms with Crippen molar-refractivity contribution in [3.05, 3.63) is 0 Å². The highest BCUT2D eigenvalue weighted by Gasteiger charge is 2.18. The minimum atomic E-state index is -3.11. The maximum atomic E-state index is 11.7. The van der Waals surface area contributed by atoms with Gasteiger partial charge in [0, 0.05) is 12.6 Å². The van der Waals surface area contributed by atoms with E-state index >= 15 is 0 Å². The monoisotopic (exact) mass is 263 g/mol. The maximum Gasteiger partial charge on any atom is 0.211 e. The quantitative estimate of drug-likeness (QED) is 0.605. The van der Waals surface area contributed by atoms with Crippen LogP contribution in [0.2, 0.25) is 0 Å². The second-order valence-corrected chi connectivity index (χ2v) is 6.68. The molecule has 2 N–H and O–H groups in total. The SMILES string of the molecule is CNCCCS(=O)(=O)NC(C)CN1CCCC1. The largest absolute Gasteiger partial charge is 0.320 e. The van der Waals surface area contributed by atoms with Crippen LogP contribution in [-0.4, -0.2) is 58.3 Å². The van der Waals surface area contributed by atoms with Crippen LogP contribution < -0.4 is 10.0 Å². The molecule has 1 atom stereocenters. The third kappa shape index (κ3) is 6.35. The summed E-state index contributed by atoms with van der Waals surface area (Å²) in [5.41, 5.74) is 0. The lowest BCUT2D eigenvalue weighted by Gasteiger charge is -2.21. The number of hydrogen-bond acceptors (Lipinski definition) is 4. The van der Waals surface area contributed by atoms with Gasteiger partial charge in [0.1, 0.15) is 0 Å². The molecule has 1 aliphatic heterocycles. The number of nitrogens with one attached hydrogen (secondary N) is 2. The average molecular weight is 263 g/mol. The van der Waals surface area contributed by atoms with Crippen LogP contribution in [0.3, 0.4) is 0 Å². The molecule has 0 aliphatic carbocycles. The molecule has 0 saturated carbocycles. The van der Waals surface area contributed by atoms with Crippen molar-refractivity contribution in [3.63, 3.8) is 0 Å². The van der Waals surface area contributed by atoms with E-state index in [4.69, 9.17) is 0 Å². The van der Waals surface area contributed by atoms with Crippen LogP contribution in [0.25, 0.3) is 0 Å². The Balaban J connectivity index is 2.25. The molecule has 0 amide bonds. The highest BCUT2D eigenvalue weighted by molar-refractivity contribution is 7.89. The van der Waals surface area contributed by atoms with Gasteiger partial charge in [-0.05, 0) is 52.9 Å². The lowest BCUT2D eigenvalue weighted by atomic mass is 10.3. The van der Waals surface area contributed by atoms with Crippen molar-refractivity contribution in [2.24, 2.45) is 0 Å². The Morgan fingerprint density at radius 3 is 2.53 bits per heavy atom. The fourth-order valence-corrected chi connectivity index (χ4v) is 3.52. The van der Waals surface area contributed by atoms with Gasteiger partial charge in [-0.15, -0.1) is 0 Å². The summed E-state index contributed by atoms with van der Waals surface area (Å²) in [4.78, 5) is 2.32. The first kappa shape index (κ1) is 14.9. The first-order valence-electron chi connectivity index (χ1n) is 6.40. The summed E-state index contributed by atoms with van der Waals surface area (Å²) in [6.07, 6.45) is 3.13. The van der Waals surface area contributed by atoms with Crippen molar-refractivity contribution < 1.29 is 8.42 Å². The van der Waals surface area contributed by atoms with Crippen molar-refractivity contribution in [2.75, 3.05) is 39.0 Å². The number of sulfonamides is 1. The smallest absolute Gasteiger partial charge is 0.211 e. The van der Waals surface area contributed by atoms with E-state index < -0.39 is 10.0 Å². The number of hydrogen-bond donors (Lipinski definition) is 2. The zero-order valence-electron chi connectivity index (χ0n) is 10.9. The molecule has 1 heterocycles. The Morgan fingerprint density at radius 2 is 1.94 bits per heavy atom. The fourth-order valence-electron chi connectivity index (χ4n) is 2.19. The predicted octanol–water partition coefficient (Wildman–Crippen LogP) is -0.000400. The van der Waals surface area contributed by atoms with Gasteiger partial charge < -0.3 is 10.2 Å². The van der Waals surface area contributed by atoms with Crippen molar-refractivity contribution in [3.8, 4) is 0 Å². The highest BCUT2D eigenvalue weighted by atomic mass is 32.2. The zero-order valence-corrected chi connectivity index (χ0v) is 11.7. The molecule has 17 heavy (non-hydrogen) atoms. The molecule has 6 heteroatoms. The molecule has 1 fully saturated rings. The normalized spacial score (nSPS) is 19.6. The standard InChI is InChI=1S/C11H25N3O2S/c1-11(10-14-7-3-4-8-14)13-17(15,16)9-5-6-12-2/h11-13H,3-10H2,1-2H3. The molecule has 5 nitrogen and oxygen atoms in total. The highest BCUT2D eigenvalue weighted by Crippen LogP contribution is 2.07. The summed E-state index contributed by atoms with van der Waals surface area (Å²) in [5.74, 6) is 0.207. The van der Waals surface area contributed by atoms with E-state index in [2.05, 4.69) is 14.9 Å². The number of likely N-dealkylation sites (tertiary alicyclic amines) is 1. The van der Waals surface area contributed by atoms with Gasteiger partial charge >= 0.3 is 0 Å². The third-order valence-corrected chi connectivity index (χ3v) is 4.54. The molecule has 0 bridgehead atoms. The molecule has 0 radical (unpaired) electrons. The molecule has 1 aliphatic rings. The van der Waals surface area contributed by atoms with Gasteiger partial charge in [-0.3, -0.25) is 0 Å². The van der Waals surface area contributed by atoms with E-state index in [1.807, 2.05) is 14.0 Å². The van der Waals surface area contributed by atoms with Gasteiger partial charge in [-0.25, -0.2) is 13.1 Å². The molecule has 1 rings (SSSR count). The first-order chi connectivity index (χ1) is 8.03. The molecular formula is C11H25N3O2S. The van der Waals surface area contributed by atoms with Crippen LogP contribution in [0.15, 0.2) is 0 Å². The molecule has 0 aromatic heterocycles. The van der Waals surface area contributed by atoms with E-state index in [-0.39, 0.29) is 11.8 Å². The summed E-state index contributed by atoms with van der Waals surface area (Å²) in [7, 11) is -1.28. The third-order valence-electron chi connectivity index (χ3n) is 2.95. The van der Waals surface area contributed by atoms with Crippen molar-refractivity contribution >= 4 is 10.0 Å². The van der Waals surface area contributed by atoms with Crippen LogP contribution in [0.4, 0.5) is 0 Å². The Hall–Kier alpha value is -0.170. The molecular weight excluding hydrogens is 238 g/mol. The van der Waals surface area contributed by atoms with Crippen molar-refractivity contribution in [2.45, 2.75) is 32.2 Å². The summed E-state index contributed by atoms with van der Waals surface area (Å²) < 4.78 is 26.2. The second-order valence-electron chi connectivity index (χ2n) is 4.80. The number of nitrogens with zero attached hydrogens (tertiary/aromatic N) is 1. The van der Waals surface area contributed by atoms with Crippen LogP contribution in [0.1, 0.15) is 26.2 Å². The fraction of sp³-hybridized carbons (Fsp3) is 1.00. The molecule has 1 saturated heterocycles. The average Bonchev–Trinajstić information content (AvgIpc) is 2.69. The second kappa shape index (κ2) is 7.31.